The van der Waals surface area contributed by atoms with Crippen LogP contribution in [0.2, 0.25) is 0 Å². The number of fused-ring (bicyclic) bond motifs is 1. The Hall–Kier alpha value is -4.32. The van der Waals surface area contributed by atoms with Crippen LogP contribution in [0.1, 0.15) is 35.0 Å². The van der Waals surface area contributed by atoms with Gasteiger partial charge in [0.25, 0.3) is 0 Å². The maximum Gasteiger partial charge on any atom is 0.416 e. The van der Waals surface area contributed by atoms with Crippen molar-refractivity contribution >= 4 is 28.7 Å². The van der Waals surface area contributed by atoms with Crippen LogP contribution in [0, 0.1) is 5.82 Å². The number of rotatable bonds is 7. The van der Waals surface area contributed by atoms with Crippen molar-refractivity contribution < 1.29 is 31.9 Å². The highest BCUT2D eigenvalue weighted by molar-refractivity contribution is 6.24. The van der Waals surface area contributed by atoms with Gasteiger partial charge in [-0.1, -0.05) is 22.5 Å². The van der Waals surface area contributed by atoms with Crippen LogP contribution in [0.5, 0.6) is 0 Å². The molecule has 0 saturated heterocycles. The number of halogens is 4. The summed E-state index contributed by atoms with van der Waals surface area (Å²) in [7, 11) is 1.81. The molecule has 2 aromatic heterocycles. The van der Waals surface area contributed by atoms with Crippen molar-refractivity contribution in [2.24, 2.45) is 12.2 Å². The lowest BCUT2D eigenvalue weighted by Gasteiger charge is -2.07. The molecule has 0 spiro atoms. The van der Waals surface area contributed by atoms with E-state index in [0.29, 0.717) is 33.6 Å². The maximum atomic E-state index is 14.1. The van der Waals surface area contributed by atoms with Gasteiger partial charge in [0.1, 0.15) is 11.5 Å². The van der Waals surface area contributed by atoms with Crippen LogP contribution in [0.4, 0.5) is 17.6 Å². The Morgan fingerprint density at radius 1 is 1.11 bits per heavy atom. The van der Waals surface area contributed by atoms with Crippen LogP contribution in [0.3, 0.4) is 0 Å². The van der Waals surface area contributed by atoms with Gasteiger partial charge >= 0.3 is 12.1 Å². The molecule has 196 valence electrons. The first-order valence-electron chi connectivity index (χ1n) is 11.5. The highest BCUT2D eigenvalue weighted by Gasteiger charge is 2.30. The van der Waals surface area contributed by atoms with E-state index in [2.05, 4.69) is 15.5 Å². The molecule has 8 nitrogen and oxygen atoms in total. The van der Waals surface area contributed by atoms with E-state index in [-0.39, 0.29) is 25.3 Å². The minimum absolute atomic E-state index is 0.0986. The highest BCUT2D eigenvalue weighted by atomic mass is 19.4. The molecule has 12 heteroatoms. The quantitative estimate of drug-likeness (QED) is 0.192. The Morgan fingerprint density at radius 3 is 2.55 bits per heavy atom. The van der Waals surface area contributed by atoms with E-state index in [0.717, 1.165) is 17.6 Å². The molecule has 2 aromatic carbocycles. The van der Waals surface area contributed by atoms with Crippen LogP contribution in [-0.4, -0.2) is 31.2 Å². The summed E-state index contributed by atoms with van der Waals surface area (Å²) < 4.78 is 61.6. The molecule has 0 bridgehead atoms. The van der Waals surface area contributed by atoms with Gasteiger partial charge in [-0.25, -0.2) is 13.9 Å². The third kappa shape index (κ3) is 5.07. The first-order chi connectivity index (χ1) is 18.1. The summed E-state index contributed by atoms with van der Waals surface area (Å²) in [5.74, 6) is -1.01. The minimum Gasteiger partial charge on any atom is -0.369 e. The molecular weight excluding hydrogens is 506 g/mol. The lowest BCUT2D eigenvalue weighted by molar-refractivity contribution is -0.138. The van der Waals surface area contributed by atoms with Crippen molar-refractivity contribution in [3.05, 3.63) is 88.1 Å². The van der Waals surface area contributed by atoms with Gasteiger partial charge in [-0.05, 0) is 48.9 Å². The van der Waals surface area contributed by atoms with Crippen LogP contribution in [0.25, 0.3) is 17.0 Å². The summed E-state index contributed by atoms with van der Waals surface area (Å²) in [5, 5.41) is 12.4. The van der Waals surface area contributed by atoms with Crippen molar-refractivity contribution in [1.29, 1.82) is 0 Å². The predicted molar refractivity (Wildman–Crippen MR) is 129 cm³/mol. The van der Waals surface area contributed by atoms with Crippen molar-refractivity contribution in [2.45, 2.75) is 32.9 Å². The molecule has 0 atom stereocenters. The first-order valence-corrected chi connectivity index (χ1v) is 11.5. The largest absolute Gasteiger partial charge is 0.416 e. The average molecular weight is 527 g/mol. The number of carbonyl (C=O) groups is 1. The van der Waals surface area contributed by atoms with E-state index in [1.54, 1.807) is 25.3 Å². The van der Waals surface area contributed by atoms with E-state index < -0.39 is 23.5 Å². The molecule has 1 aliphatic heterocycles. The van der Waals surface area contributed by atoms with Gasteiger partial charge in [0, 0.05) is 23.5 Å². The van der Waals surface area contributed by atoms with Crippen molar-refractivity contribution in [3.63, 3.8) is 0 Å². The number of aryl methyl sites for hydroxylation is 1. The van der Waals surface area contributed by atoms with Crippen LogP contribution in [0.15, 0.2) is 59.4 Å². The van der Waals surface area contributed by atoms with Gasteiger partial charge in [-0.2, -0.15) is 13.2 Å². The smallest absolute Gasteiger partial charge is 0.369 e. The van der Waals surface area contributed by atoms with E-state index in [9.17, 15) is 22.4 Å². The number of ether oxygens (including phenoxy) is 1. The third-order valence-electron chi connectivity index (χ3n) is 6.19. The molecule has 0 saturated carbocycles. The zero-order valence-corrected chi connectivity index (χ0v) is 20.3. The number of benzene rings is 2. The second-order valence-corrected chi connectivity index (χ2v) is 8.79. The molecule has 0 unspecified atom stereocenters. The topological polar surface area (TPSA) is 83.5 Å². The minimum atomic E-state index is -4.39. The fourth-order valence-electron chi connectivity index (χ4n) is 4.22. The number of nitrogens with zero attached hydrogens (tertiary/aromatic N) is 5. The first kappa shape index (κ1) is 25.3. The van der Waals surface area contributed by atoms with E-state index >= 15 is 0 Å². The molecule has 0 amide bonds. The summed E-state index contributed by atoms with van der Waals surface area (Å²) in [6.07, 6.45) is -1.13. The number of carbonyl (C=O) groups excluding carboxylic acids is 1. The Balaban J connectivity index is 1.32. The highest BCUT2D eigenvalue weighted by Crippen LogP contribution is 2.31. The summed E-state index contributed by atoms with van der Waals surface area (Å²) in [6.45, 7) is 2.10. The fraction of sp³-hybridized carbons (Fsp3) is 0.231. The SMILES string of the molecule is CC1=NOC(=O)/C1=C/c1c(COCc2cn(Cc3ccc(C(F)(F)F)cc3)nn2)n(C)c2ccc(F)cc12. The van der Waals surface area contributed by atoms with E-state index in [4.69, 9.17) is 9.57 Å². The number of aromatic nitrogens is 4. The molecule has 5 rings (SSSR count). The number of oxime groups is 1. The average Bonchev–Trinajstić information content (AvgIpc) is 3.52. The second-order valence-electron chi connectivity index (χ2n) is 8.79. The molecule has 1 aliphatic rings. The lowest BCUT2D eigenvalue weighted by Crippen LogP contribution is -2.06. The Kier molecular flexibility index (Phi) is 6.57. The van der Waals surface area contributed by atoms with E-state index in [1.165, 1.54) is 28.9 Å². The van der Waals surface area contributed by atoms with Crippen molar-refractivity contribution in [3.8, 4) is 0 Å². The molecule has 0 aliphatic carbocycles. The van der Waals surface area contributed by atoms with Gasteiger partial charge < -0.3 is 14.1 Å². The normalized spacial score (nSPS) is 14.9. The van der Waals surface area contributed by atoms with Crippen molar-refractivity contribution in [2.75, 3.05) is 0 Å². The third-order valence-corrected chi connectivity index (χ3v) is 6.19. The van der Waals surface area contributed by atoms with Gasteiger partial charge in [0.15, 0.2) is 0 Å². The van der Waals surface area contributed by atoms with Crippen molar-refractivity contribution in [1.82, 2.24) is 19.6 Å². The van der Waals surface area contributed by atoms with Gasteiger partial charge in [-0.3, -0.25) is 0 Å². The van der Waals surface area contributed by atoms with Crippen LogP contribution >= 0.6 is 0 Å². The Labute approximate surface area is 213 Å². The number of hydrogen-bond acceptors (Lipinski definition) is 6. The number of alkyl halides is 3. The van der Waals surface area contributed by atoms with Gasteiger partial charge in [-0.15, -0.1) is 5.10 Å². The molecule has 3 heterocycles. The molecule has 0 N–H and O–H groups in total. The zero-order chi connectivity index (χ0) is 27.0. The lowest BCUT2D eigenvalue weighted by atomic mass is 10.0. The monoisotopic (exact) mass is 527 g/mol. The van der Waals surface area contributed by atoms with Crippen LogP contribution in [-0.2, 0) is 47.4 Å². The molecule has 0 radical (unpaired) electrons. The summed E-state index contributed by atoms with van der Waals surface area (Å²) >= 11 is 0. The molecule has 38 heavy (non-hydrogen) atoms. The maximum absolute atomic E-state index is 14.1. The molecular formula is C26H21F4N5O3. The second kappa shape index (κ2) is 9.86. The number of hydrogen-bond donors (Lipinski definition) is 0. The standard InChI is InChI=1S/C26H21F4N5O3/c1-15-20(25(36)38-32-15)10-22-21-9-18(27)7-8-23(21)34(2)24(22)14-37-13-19-12-35(33-31-19)11-16-3-5-17(6-4-16)26(28,29)30/h3-10,12H,11,13-14H2,1-2H3/b20-10+. The molecule has 4 aromatic rings. The summed E-state index contributed by atoms with van der Waals surface area (Å²) in [6, 6.07) is 9.24. The summed E-state index contributed by atoms with van der Waals surface area (Å²) in [5.41, 5.74) is 3.19. The van der Waals surface area contributed by atoms with E-state index in [1.807, 2.05) is 11.6 Å². The Morgan fingerprint density at radius 2 is 1.87 bits per heavy atom. The fourth-order valence-corrected chi connectivity index (χ4v) is 4.22. The molecule has 0 fully saturated rings. The summed E-state index contributed by atoms with van der Waals surface area (Å²) in [4.78, 5) is 16.9. The van der Waals surface area contributed by atoms with Gasteiger partial charge in [0.05, 0.1) is 48.5 Å². The van der Waals surface area contributed by atoms with Crippen LogP contribution < -0.4 is 0 Å². The predicted octanol–water partition coefficient (Wildman–Crippen LogP) is 5.01. The Bertz CT molecular complexity index is 1580. The van der Waals surface area contributed by atoms with Gasteiger partial charge in [0.2, 0.25) is 0 Å². The zero-order valence-electron chi connectivity index (χ0n) is 20.3.